The number of nitrogens with zero attached hydrogens (tertiary/aromatic N) is 1. The van der Waals surface area contributed by atoms with Crippen LogP contribution in [0.15, 0.2) is 22.7 Å². The Morgan fingerprint density at radius 2 is 2.14 bits per heavy atom. The number of rotatable bonds is 1. The number of halogens is 1. The lowest BCUT2D eigenvalue weighted by molar-refractivity contribution is 0.311. The average molecular weight is 252 g/mol. The molecule has 1 aliphatic rings. The summed E-state index contributed by atoms with van der Waals surface area (Å²) in [4.78, 5) is 0. The van der Waals surface area contributed by atoms with E-state index in [1.54, 1.807) is 6.07 Å². The Morgan fingerprint density at radius 3 is 2.57 bits per heavy atom. The van der Waals surface area contributed by atoms with Gasteiger partial charge in [0.15, 0.2) is 0 Å². The van der Waals surface area contributed by atoms with Crippen molar-refractivity contribution in [1.29, 1.82) is 5.26 Å². The standard InChI is InChI=1S/C11H10BrNO/c12-8-2-3-9(10(14)6-8)11(7-13)4-1-5-11/h2-3,6,14H,1,4-5H2. The first-order valence-corrected chi connectivity index (χ1v) is 5.37. The van der Waals surface area contributed by atoms with Crippen molar-refractivity contribution >= 4 is 15.9 Å². The maximum absolute atomic E-state index is 9.74. The van der Waals surface area contributed by atoms with Crippen LogP contribution in [0.1, 0.15) is 24.8 Å². The van der Waals surface area contributed by atoms with Gasteiger partial charge in [-0.15, -0.1) is 0 Å². The Bertz CT molecular complexity index is 404. The van der Waals surface area contributed by atoms with Crippen LogP contribution in [-0.4, -0.2) is 5.11 Å². The molecule has 0 unspecified atom stereocenters. The number of nitriles is 1. The summed E-state index contributed by atoms with van der Waals surface area (Å²) in [6.07, 6.45) is 2.79. The number of hydrogen-bond acceptors (Lipinski definition) is 2. The first-order chi connectivity index (χ1) is 6.68. The SMILES string of the molecule is N#CC1(c2ccc(Br)cc2O)CCC1. The third-order valence-electron chi connectivity index (χ3n) is 2.90. The minimum atomic E-state index is -0.426. The third-order valence-corrected chi connectivity index (χ3v) is 3.39. The first-order valence-electron chi connectivity index (χ1n) is 4.58. The molecular formula is C11H10BrNO. The molecule has 14 heavy (non-hydrogen) atoms. The van der Waals surface area contributed by atoms with Crippen LogP contribution in [0.5, 0.6) is 5.75 Å². The summed E-state index contributed by atoms with van der Waals surface area (Å²) in [6.45, 7) is 0. The van der Waals surface area contributed by atoms with Gasteiger partial charge in [-0.05, 0) is 31.4 Å². The van der Waals surface area contributed by atoms with Crippen LogP contribution in [0.4, 0.5) is 0 Å². The summed E-state index contributed by atoms with van der Waals surface area (Å²) >= 11 is 3.28. The van der Waals surface area contributed by atoms with E-state index in [0.717, 1.165) is 29.3 Å². The van der Waals surface area contributed by atoms with Crippen molar-refractivity contribution in [3.05, 3.63) is 28.2 Å². The first kappa shape index (κ1) is 9.54. The number of phenols is 1. The average Bonchev–Trinajstić information content (AvgIpc) is 2.07. The van der Waals surface area contributed by atoms with Crippen molar-refractivity contribution in [1.82, 2.24) is 0 Å². The molecule has 1 aromatic carbocycles. The molecule has 0 heterocycles. The molecule has 0 aromatic heterocycles. The van der Waals surface area contributed by atoms with E-state index < -0.39 is 5.41 Å². The molecule has 1 aromatic rings. The molecule has 2 nitrogen and oxygen atoms in total. The van der Waals surface area contributed by atoms with E-state index in [4.69, 9.17) is 5.26 Å². The Kier molecular flexibility index (Phi) is 2.24. The van der Waals surface area contributed by atoms with Crippen molar-refractivity contribution < 1.29 is 5.11 Å². The Hall–Kier alpha value is -1.01. The molecule has 0 saturated heterocycles. The summed E-state index contributed by atoms with van der Waals surface area (Å²) in [5.41, 5.74) is 0.347. The second kappa shape index (κ2) is 3.29. The fourth-order valence-electron chi connectivity index (χ4n) is 1.88. The number of benzene rings is 1. The van der Waals surface area contributed by atoms with Crippen molar-refractivity contribution in [2.24, 2.45) is 0 Å². The van der Waals surface area contributed by atoms with E-state index in [-0.39, 0.29) is 5.75 Å². The van der Waals surface area contributed by atoms with Crippen LogP contribution in [0.2, 0.25) is 0 Å². The number of aromatic hydroxyl groups is 1. The summed E-state index contributed by atoms with van der Waals surface area (Å²) in [5.74, 6) is 0.223. The zero-order valence-corrected chi connectivity index (χ0v) is 9.21. The lowest BCUT2D eigenvalue weighted by Gasteiger charge is -2.35. The highest BCUT2D eigenvalue weighted by Gasteiger charge is 2.40. The highest BCUT2D eigenvalue weighted by Crippen LogP contribution is 2.46. The maximum Gasteiger partial charge on any atom is 0.121 e. The zero-order chi connectivity index (χ0) is 10.2. The summed E-state index contributed by atoms with van der Waals surface area (Å²) in [5, 5.41) is 18.9. The molecule has 2 rings (SSSR count). The highest BCUT2D eigenvalue weighted by atomic mass is 79.9. The molecule has 1 fully saturated rings. The fraction of sp³-hybridized carbons (Fsp3) is 0.364. The lowest BCUT2D eigenvalue weighted by atomic mass is 9.65. The minimum Gasteiger partial charge on any atom is -0.508 e. The highest BCUT2D eigenvalue weighted by molar-refractivity contribution is 9.10. The van der Waals surface area contributed by atoms with Crippen LogP contribution in [-0.2, 0) is 5.41 Å². The van der Waals surface area contributed by atoms with Crippen LogP contribution >= 0.6 is 15.9 Å². The Labute approximate surface area is 91.3 Å². The van der Waals surface area contributed by atoms with Gasteiger partial charge in [-0.2, -0.15) is 5.26 Å². The predicted octanol–water partition coefficient (Wildman–Crippen LogP) is 3.10. The largest absolute Gasteiger partial charge is 0.508 e. The summed E-state index contributed by atoms with van der Waals surface area (Å²) in [7, 11) is 0. The van der Waals surface area contributed by atoms with Crippen LogP contribution in [0, 0.1) is 11.3 Å². The van der Waals surface area contributed by atoms with Gasteiger partial charge in [-0.25, -0.2) is 0 Å². The van der Waals surface area contributed by atoms with Crippen LogP contribution < -0.4 is 0 Å². The van der Waals surface area contributed by atoms with Gasteiger partial charge >= 0.3 is 0 Å². The monoisotopic (exact) mass is 251 g/mol. The second-order valence-electron chi connectivity index (χ2n) is 3.71. The van der Waals surface area contributed by atoms with Crippen LogP contribution in [0.3, 0.4) is 0 Å². The van der Waals surface area contributed by atoms with Gasteiger partial charge in [0.05, 0.1) is 11.5 Å². The normalized spacial score (nSPS) is 18.3. The van der Waals surface area contributed by atoms with Crippen molar-refractivity contribution in [2.75, 3.05) is 0 Å². The van der Waals surface area contributed by atoms with Gasteiger partial charge in [0, 0.05) is 10.0 Å². The maximum atomic E-state index is 9.74. The van der Waals surface area contributed by atoms with E-state index >= 15 is 0 Å². The van der Waals surface area contributed by atoms with E-state index in [2.05, 4.69) is 22.0 Å². The molecule has 3 heteroatoms. The Balaban J connectivity index is 2.46. The van der Waals surface area contributed by atoms with E-state index in [0.29, 0.717) is 0 Å². The Morgan fingerprint density at radius 1 is 1.43 bits per heavy atom. The molecule has 0 amide bonds. The predicted molar refractivity (Wildman–Crippen MR) is 56.9 cm³/mol. The zero-order valence-electron chi connectivity index (χ0n) is 7.63. The van der Waals surface area contributed by atoms with E-state index in [9.17, 15) is 5.11 Å². The molecule has 0 bridgehead atoms. The van der Waals surface area contributed by atoms with Gasteiger partial charge in [-0.3, -0.25) is 0 Å². The van der Waals surface area contributed by atoms with E-state index in [1.165, 1.54) is 0 Å². The molecule has 1 N–H and O–H groups in total. The van der Waals surface area contributed by atoms with Gasteiger partial charge in [0.25, 0.3) is 0 Å². The molecule has 0 spiro atoms. The molecule has 1 saturated carbocycles. The van der Waals surface area contributed by atoms with E-state index in [1.807, 2.05) is 12.1 Å². The minimum absolute atomic E-state index is 0.223. The van der Waals surface area contributed by atoms with Crippen molar-refractivity contribution in [3.8, 4) is 11.8 Å². The third kappa shape index (κ3) is 1.31. The van der Waals surface area contributed by atoms with Gasteiger partial charge < -0.3 is 5.11 Å². The summed E-state index contributed by atoms with van der Waals surface area (Å²) < 4.78 is 0.839. The van der Waals surface area contributed by atoms with Gasteiger partial charge in [0.2, 0.25) is 0 Å². The molecule has 72 valence electrons. The molecule has 1 aliphatic carbocycles. The lowest BCUT2D eigenvalue weighted by Crippen LogP contribution is -2.32. The van der Waals surface area contributed by atoms with Crippen molar-refractivity contribution in [3.63, 3.8) is 0 Å². The molecule has 0 atom stereocenters. The molecule has 0 radical (unpaired) electrons. The fourth-order valence-corrected chi connectivity index (χ4v) is 2.23. The molecule has 0 aliphatic heterocycles. The number of phenolic OH excluding ortho intramolecular Hbond substituents is 1. The van der Waals surface area contributed by atoms with Crippen LogP contribution in [0.25, 0.3) is 0 Å². The van der Waals surface area contributed by atoms with Gasteiger partial charge in [0.1, 0.15) is 5.75 Å². The van der Waals surface area contributed by atoms with Crippen molar-refractivity contribution in [2.45, 2.75) is 24.7 Å². The second-order valence-corrected chi connectivity index (χ2v) is 4.62. The number of hydrogen-bond donors (Lipinski definition) is 1. The smallest absolute Gasteiger partial charge is 0.121 e. The topological polar surface area (TPSA) is 44.0 Å². The quantitative estimate of drug-likeness (QED) is 0.834. The van der Waals surface area contributed by atoms with Gasteiger partial charge in [-0.1, -0.05) is 22.0 Å². The summed E-state index contributed by atoms with van der Waals surface area (Å²) in [6, 6.07) is 7.66. The molecular weight excluding hydrogens is 242 g/mol.